The molecule has 1 N–H and O–H groups in total. The van der Waals surface area contributed by atoms with Crippen LogP contribution in [0.2, 0.25) is 0 Å². The highest BCUT2D eigenvalue weighted by molar-refractivity contribution is 5.40. The van der Waals surface area contributed by atoms with Crippen molar-refractivity contribution >= 4 is 0 Å². The second-order valence-electron chi connectivity index (χ2n) is 2.05. The van der Waals surface area contributed by atoms with Crippen LogP contribution in [0.4, 0.5) is 4.53 Å². The van der Waals surface area contributed by atoms with E-state index in [1.165, 1.54) is 12.1 Å². The zero-order valence-corrected chi connectivity index (χ0v) is 5.47. The molecule has 0 aliphatic rings. The van der Waals surface area contributed by atoms with Gasteiger partial charge in [-0.3, -0.25) is 4.94 Å². The molecule has 0 fully saturated rings. The van der Waals surface area contributed by atoms with Crippen LogP contribution in [0.1, 0.15) is 5.56 Å². The Morgan fingerprint density at radius 3 is 2.70 bits per heavy atom. The van der Waals surface area contributed by atoms with Crippen LogP contribution in [0.15, 0.2) is 18.2 Å². The Bertz CT molecular complexity index is 235. The van der Waals surface area contributed by atoms with Gasteiger partial charge in [-0.2, -0.15) is 0 Å². The number of rotatable bonds is 1. The molecule has 1 rings (SSSR count). The molecule has 0 heterocycles. The largest absolute Gasteiger partial charge is 0.504 e. The summed E-state index contributed by atoms with van der Waals surface area (Å²) in [5.74, 6) is -0.326. The highest BCUT2D eigenvalue weighted by atomic mass is 19.3. The lowest BCUT2D eigenvalue weighted by molar-refractivity contribution is -0.00895. The molecule has 0 unspecified atom stereocenters. The minimum atomic E-state index is -0.178. The van der Waals surface area contributed by atoms with E-state index in [0.717, 1.165) is 5.56 Å². The quantitative estimate of drug-likeness (QED) is 0.649. The number of hydrogen-bond donors (Lipinski definition) is 1. The summed E-state index contributed by atoms with van der Waals surface area (Å²) in [5, 5.41) is 8.93. The minimum Gasteiger partial charge on any atom is -0.504 e. The molecule has 0 aliphatic heterocycles. The molecular weight excluding hydrogens is 135 g/mol. The SMILES string of the molecule is Cc1ccc(OF)c(O)c1. The Balaban J connectivity index is 3.07. The van der Waals surface area contributed by atoms with Gasteiger partial charge in [-0.1, -0.05) is 6.07 Å². The predicted molar refractivity (Wildman–Crippen MR) is 34.6 cm³/mol. The molecule has 0 atom stereocenters. The van der Waals surface area contributed by atoms with Gasteiger partial charge in [-0.15, -0.1) is 0 Å². The molecule has 54 valence electrons. The Morgan fingerprint density at radius 2 is 2.20 bits per heavy atom. The smallest absolute Gasteiger partial charge is 0.213 e. The van der Waals surface area contributed by atoms with Crippen LogP contribution in [0, 0.1) is 6.92 Å². The molecular formula is C7H7FO2. The maximum absolute atomic E-state index is 11.5. The zero-order chi connectivity index (χ0) is 7.56. The van der Waals surface area contributed by atoms with Gasteiger partial charge >= 0.3 is 0 Å². The van der Waals surface area contributed by atoms with Crippen molar-refractivity contribution in [1.82, 2.24) is 0 Å². The summed E-state index contributed by atoms with van der Waals surface area (Å²) in [6.07, 6.45) is 0. The number of hydrogen-bond acceptors (Lipinski definition) is 2. The number of aryl methyl sites for hydroxylation is 1. The predicted octanol–water partition coefficient (Wildman–Crippen LogP) is 1.96. The average Bonchev–Trinajstić information content (AvgIpc) is 1.88. The van der Waals surface area contributed by atoms with E-state index < -0.39 is 0 Å². The van der Waals surface area contributed by atoms with E-state index in [9.17, 15) is 4.53 Å². The fraction of sp³-hybridized carbons (Fsp3) is 0.143. The van der Waals surface area contributed by atoms with Crippen molar-refractivity contribution in [2.75, 3.05) is 0 Å². The summed E-state index contributed by atoms with van der Waals surface area (Å²) in [5.41, 5.74) is 0.860. The molecule has 0 spiro atoms. The number of halogens is 1. The van der Waals surface area contributed by atoms with E-state index in [0.29, 0.717) is 0 Å². The minimum absolute atomic E-state index is 0.148. The first-order valence-corrected chi connectivity index (χ1v) is 2.82. The Morgan fingerprint density at radius 1 is 1.50 bits per heavy atom. The second-order valence-corrected chi connectivity index (χ2v) is 2.05. The first-order valence-electron chi connectivity index (χ1n) is 2.82. The molecule has 1 aromatic rings. The van der Waals surface area contributed by atoms with E-state index in [-0.39, 0.29) is 11.5 Å². The third kappa shape index (κ3) is 1.18. The summed E-state index contributed by atoms with van der Waals surface area (Å²) >= 11 is 0. The van der Waals surface area contributed by atoms with Crippen LogP contribution in [0.3, 0.4) is 0 Å². The van der Waals surface area contributed by atoms with E-state index in [2.05, 4.69) is 4.94 Å². The summed E-state index contributed by atoms with van der Waals surface area (Å²) in [7, 11) is 0. The van der Waals surface area contributed by atoms with Gasteiger partial charge in [0.25, 0.3) is 0 Å². The molecule has 10 heavy (non-hydrogen) atoms. The van der Waals surface area contributed by atoms with Gasteiger partial charge in [0, 0.05) is 4.53 Å². The standard InChI is InChI=1S/C7H7FO2/c1-5-2-3-7(10-8)6(9)4-5/h2-4,9H,1H3. The summed E-state index contributed by atoms with van der Waals surface area (Å²) in [6, 6.07) is 4.44. The van der Waals surface area contributed by atoms with Crippen LogP contribution < -0.4 is 4.94 Å². The van der Waals surface area contributed by atoms with Crippen LogP contribution in [0.25, 0.3) is 0 Å². The van der Waals surface area contributed by atoms with Crippen molar-refractivity contribution in [3.63, 3.8) is 0 Å². The van der Waals surface area contributed by atoms with Gasteiger partial charge < -0.3 is 5.11 Å². The second kappa shape index (κ2) is 2.56. The molecule has 0 aliphatic carbocycles. The molecule has 0 radical (unpaired) electrons. The summed E-state index contributed by atoms with van der Waals surface area (Å²) in [6.45, 7) is 1.79. The van der Waals surface area contributed by atoms with E-state index >= 15 is 0 Å². The molecule has 0 saturated carbocycles. The molecule has 0 amide bonds. The highest BCUT2D eigenvalue weighted by Gasteiger charge is 2.00. The van der Waals surface area contributed by atoms with Gasteiger partial charge in [0.05, 0.1) is 0 Å². The Labute approximate surface area is 57.8 Å². The number of phenols is 1. The van der Waals surface area contributed by atoms with Gasteiger partial charge in [-0.25, -0.2) is 0 Å². The fourth-order valence-corrected chi connectivity index (χ4v) is 0.693. The lowest BCUT2D eigenvalue weighted by atomic mass is 10.2. The summed E-state index contributed by atoms with van der Waals surface area (Å²) in [4.78, 5) is 3.35. The number of phenolic OH excluding ortho intramolecular Hbond substituents is 1. The van der Waals surface area contributed by atoms with Crippen molar-refractivity contribution in [3.8, 4) is 11.5 Å². The number of benzene rings is 1. The van der Waals surface area contributed by atoms with Gasteiger partial charge in [0.15, 0.2) is 5.75 Å². The first-order chi connectivity index (χ1) is 4.74. The van der Waals surface area contributed by atoms with E-state index in [4.69, 9.17) is 5.11 Å². The maximum Gasteiger partial charge on any atom is 0.213 e. The Kier molecular flexibility index (Phi) is 1.76. The monoisotopic (exact) mass is 142 g/mol. The van der Waals surface area contributed by atoms with Crippen LogP contribution in [0.5, 0.6) is 11.5 Å². The normalized spacial score (nSPS) is 9.40. The summed E-state index contributed by atoms with van der Waals surface area (Å²) < 4.78 is 11.5. The third-order valence-electron chi connectivity index (χ3n) is 1.20. The van der Waals surface area contributed by atoms with E-state index in [1.54, 1.807) is 13.0 Å². The van der Waals surface area contributed by atoms with Gasteiger partial charge in [-0.05, 0) is 24.6 Å². The lowest BCUT2D eigenvalue weighted by Crippen LogP contribution is -1.78. The van der Waals surface area contributed by atoms with Crippen molar-refractivity contribution in [1.29, 1.82) is 0 Å². The molecule has 1 aromatic carbocycles. The average molecular weight is 142 g/mol. The molecule has 0 saturated heterocycles. The molecule has 0 aromatic heterocycles. The number of aromatic hydroxyl groups is 1. The van der Waals surface area contributed by atoms with Crippen LogP contribution >= 0.6 is 0 Å². The molecule has 2 nitrogen and oxygen atoms in total. The van der Waals surface area contributed by atoms with Crippen molar-refractivity contribution in [3.05, 3.63) is 23.8 Å². The van der Waals surface area contributed by atoms with Crippen molar-refractivity contribution in [2.24, 2.45) is 0 Å². The van der Waals surface area contributed by atoms with Crippen LogP contribution in [-0.4, -0.2) is 5.11 Å². The van der Waals surface area contributed by atoms with Gasteiger partial charge in [0.2, 0.25) is 5.75 Å². The Hall–Kier alpha value is -1.25. The molecule has 0 bridgehead atoms. The van der Waals surface area contributed by atoms with Gasteiger partial charge in [0.1, 0.15) is 0 Å². The van der Waals surface area contributed by atoms with E-state index in [1.807, 2.05) is 0 Å². The van der Waals surface area contributed by atoms with Crippen molar-refractivity contribution in [2.45, 2.75) is 6.92 Å². The fourth-order valence-electron chi connectivity index (χ4n) is 0.693. The third-order valence-corrected chi connectivity index (χ3v) is 1.20. The van der Waals surface area contributed by atoms with Crippen molar-refractivity contribution < 1.29 is 14.6 Å². The lowest BCUT2D eigenvalue weighted by Gasteiger charge is -1.97. The van der Waals surface area contributed by atoms with Crippen LogP contribution in [-0.2, 0) is 0 Å². The molecule has 3 heteroatoms. The highest BCUT2D eigenvalue weighted by Crippen LogP contribution is 2.26. The topological polar surface area (TPSA) is 29.5 Å². The zero-order valence-electron chi connectivity index (χ0n) is 5.47. The first kappa shape index (κ1) is 6.86. The maximum atomic E-state index is 11.5.